The lowest BCUT2D eigenvalue weighted by molar-refractivity contribution is 0.0342. The van der Waals surface area contributed by atoms with Crippen LogP contribution in [-0.2, 0) is 17.7 Å². The summed E-state index contributed by atoms with van der Waals surface area (Å²) in [5.74, 6) is 3.82. The molecule has 0 bridgehead atoms. The molecule has 3 heterocycles. The average Bonchev–Trinajstić information content (AvgIpc) is 2.90. The van der Waals surface area contributed by atoms with Crippen LogP contribution in [0, 0.1) is 12.3 Å². The van der Waals surface area contributed by atoms with Gasteiger partial charge in [-0.2, -0.15) is 0 Å². The normalized spacial score (nSPS) is 13.9. The summed E-state index contributed by atoms with van der Waals surface area (Å²) >= 11 is 0. The second kappa shape index (κ2) is 10.9. The number of hydrogen-bond acceptors (Lipinski definition) is 8. The minimum atomic E-state index is 0.436. The van der Waals surface area contributed by atoms with Crippen molar-refractivity contribution in [1.82, 2.24) is 24.8 Å². The smallest absolute Gasteiger partial charge is 0.227 e. The summed E-state index contributed by atoms with van der Waals surface area (Å²) in [5, 5.41) is 4.18. The van der Waals surface area contributed by atoms with E-state index in [2.05, 4.69) is 43.2 Å². The fourth-order valence-corrected chi connectivity index (χ4v) is 3.97. The molecule has 1 aliphatic heterocycles. The summed E-state index contributed by atoms with van der Waals surface area (Å²) in [6.45, 7) is 4.81. The van der Waals surface area contributed by atoms with Gasteiger partial charge in [0, 0.05) is 68.0 Å². The number of terminal acetylenes is 1. The van der Waals surface area contributed by atoms with Crippen molar-refractivity contribution in [3.8, 4) is 18.1 Å². The van der Waals surface area contributed by atoms with E-state index >= 15 is 0 Å². The second-order valence-corrected chi connectivity index (χ2v) is 8.25. The summed E-state index contributed by atoms with van der Waals surface area (Å²) in [5.41, 5.74) is 4.45. The van der Waals surface area contributed by atoms with Crippen molar-refractivity contribution < 1.29 is 9.47 Å². The number of fused-ring (bicyclic) bond motifs is 1. The zero-order valence-corrected chi connectivity index (χ0v) is 19.4. The first-order valence-electron chi connectivity index (χ1n) is 11.6. The Labute approximate surface area is 204 Å². The van der Waals surface area contributed by atoms with Gasteiger partial charge in [0.25, 0.3) is 0 Å². The number of nitrogens with zero attached hydrogens (tertiary/aromatic N) is 5. The molecule has 5 rings (SSSR count). The van der Waals surface area contributed by atoms with E-state index in [1.807, 2.05) is 24.3 Å². The van der Waals surface area contributed by atoms with Crippen LogP contribution < -0.4 is 10.1 Å². The Hall–Kier alpha value is -4.06. The van der Waals surface area contributed by atoms with Crippen LogP contribution in [0.1, 0.15) is 16.8 Å². The third kappa shape index (κ3) is 5.90. The molecule has 8 heteroatoms. The minimum Gasteiger partial charge on any atom is -0.492 e. The molecule has 1 fully saturated rings. The van der Waals surface area contributed by atoms with E-state index in [0.29, 0.717) is 30.3 Å². The number of benzene rings is 2. The summed E-state index contributed by atoms with van der Waals surface area (Å²) < 4.78 is 11.4. The molecule has 0 amide bonds. The molecule has 0 aliphatic carbocycles. The highest BCUT2D eigenvalue weighted by atomic mass is 16.5. The number of rotatable bonds is 8. The number of anilines is 2. The zero-order chi connectivity index (χ0) is 23.9. The zero-order valence-electron chi connectivity index (χ0n) is 19.4. The van der Waals surface area contributed by atoms with Crippen LogP contribution in [0.4, 0.5) is 11.6 Å². The highest BCUT2D eigenvalue weighted by Gasteiger charge is 2.12. The molecule has 1 saturated heterocycles. The Morgan fingerprint density at radius 3 is 2.83 bits per heavy atom. The highest BCUT2D eigenvalue weighted by molar-refractivity contribution is 5.83. The predicted octanol–water partition coefficient (Wildman–Crippen LogP) is 3.60. The van der Waals surface area contributed by atoms with Gasteiger partial charge < -0.3 is 14.8 Å². The van der Waals surface area contributed by atoms with Gasteiger partial charge in [0.05, 0.1) is 36.6 Å². The maximum atomic E-state index is 5.98. The van der Waals surface area contributed by atoms with Gasteiger partial charge in [-0.05, 0) is 23.8 Å². The highest BCUT2D eigenvalue weighted by Crippen LogP contribution is 2.26. The van der Waals surface area contributed by atoms with E-state index < -0.39 is 0 Å². The van der Waals surface area contributed by atoms with Crippen molar-refractivity contribution in [2.75, 3.05) is 38.2 Å². The van der Waals surface area contributed by atoms with Crippen molar-refractivity contribution in [3.05, 3.63) is 78.0 Å². The molecule has 0 saturated carbocycles. The number of aromatic nitrogens is 4. The molecule has 0 radical (unpaired) electrons. The second-order valence-electron chi connectivity index (χ2n) is 8.25. The van der Waals surface area contributed by atoms with Crippen LogP contribution in [0.15, 0.2) is 61.2 Å². The molecule has 0 atom stereocenters. The lowest BCUT2D eigenvalue weighted by Crippen LogP contribution is -2.35. The van der Waals surface area contributed by atoms with Crippen LogP contribution in [0.3, 0.4) is 0 Å². The van der Waals surface area contributed by atoms with Gasteiger partial charge in [0.1, 0.15) is 5.75 Å². The molecule has 4 aromatic rings. The van der Waals surface area contributed by atoms with E-state index in [0.717, 1.165) is 55.1 Å². The predicted molar refractivity (Wildman–Crippen MR) is 135 cm³/mol. The van der Waals surface area contributed by atoms with Gasteiger partial charge in [0.2, 0.25) is 5.95 Å². The van der Waals surface area contributed by atoms with Gasteiger partial charge in [0.15, 0.2) is 0 Å². The first kappa shape index (κ1) is 22.7. The molecule has 1 N–H and O–H groups in total. The topological polar surface area (TPSA) is 85.3 Å². The van der Waals surface area contributed by atoms with E-state index in [-0.39, 0.29) is 0 Å². The summed E-state index contributed by atoms with van der Waals surface area (Å²) in [4.78, 5) is 19.9. The standard InChI is InChI=1S/C27H26N6O2/c1-2-21-15-22-17-30-27(31-23-5-3-4-20(14-23)19-33-9-12-34-13-10-33)32-25(22)16-26(21)35-11-6-24-18-28-7-8-29-24/h1,3-5,7-8,14-18H,6,9-13,19H2,(H,30,31,32). The molecule has 2 aromatic heterocycles. The van der Waals surface area contributed by atoms with Crippen LogP contribution in [0.5, 0.6) is 5.75 Å². The summed E-state index contributed by atoms with van der Waals surface area (Å²) in [7, 11) is 0. The molecule has 1 aliphatic rings. The number of ether oxygens (including phenoxy) is 2. The van der Waals surface area contributed by atoms with Gasteiger partial charge in [-0.15, -0.1) is 6.42 Å². The van der Waals surface area contributed by atoms with Crippen LogP contribution in [0.2, 0.25) is 0 Å². The van der Waals surface area contributed by atoms with Gasteiger partial charge in [-0.3, -0.25) is 14.9 Å². The van der Waals surface area contributed by atoms with E-state index in [4.69, 9.17) is 20.9 Å². The van der Waals surface area contributed by atoms with Crippen molar-refractivity contribution >= 4 is 22.5 Å². The largest absolute Gasteiger partial charge is 0.492 e. The molecular formula is C27H26N6O2. The van der Waals surface area contributed by atoms with Gasteiger partial charge in [-0.1, -0.05) is 18.1 Å². The first-order chi connectivity index (χ1) is 17.3. The van der Waals surface area contributed by atoms with Crippen molar-refractivity contribution in [2.24, 2.45) is 0 Å². The average molecular weight is 467 g/mol. The summed E-state index contributed by atoms with van der Waals surface area (Å²) in [6, 6.07) is 12.1. The molecular weight excluding hydrogens is 440 g/mol. The third-order valence-corrected chi connectivity index (χ3v) is 5.76. The van der Waals surface area contributed by atoms with Crippen LogP contribution in [-0.4, -0.2) is 57.7 Å². The van der Waals surface area contributed by atoms with Crippen molar-refractivity contribution in [3.63, 3.8) is 0 Å². The van der Waals surface area contributed by atoms with E-state index in [1.165, 1.54) is 5.56 Å². The molecule has 35 heavy (non-hydrogen) atoms. The van der Waals surface area contributed by atoms with Crippen LogP contribution >= 0.6 is 0 Å². The maximum Gasteiger partial charge on any atom is 0.227 e. The molecule has 0 spiro atoms. The fraction of sp³-hybridized carbons (Fsp3) is 0.259. The maximum absolute atomic E-state index is 5.98. The summed E-state index contributed by atoms with van der Waals surface area (Å²) in [6.07, 6.45) is 13.2. The van der Waals surface area contributed by atoms with Crippen LogP contribution in [0.25, 0.3) is 10.9 Å². The van der Waals surface area contributed by atoms with E-state index in [9.17, 15) is 0 Å². The molecule has 2 aromatic carbocycles. The Morgan fingerprint density at radius 1 is 1.09 bits per heavy atom. The first-order valence-corrected chi connectivity index (χ1v) is 11.6. The van der Waals surface area contributed by atoms with Crippen molar-refractivity contribution in [2.45, 2.75) is 13.0 Å². The van der Waals surface area contributed by atoms with E-state index in [1.54, 1.807) is 24.8 Å². The Morgan fingerprint density at radius 2 is 2.00 bits per heavy atom. The number of morpholine rings is 1. The monoisotopic (exact) mass is 466 g/mol. The third-order valence-electron chi connectivity index (χ3n) is 5.76. The van der Waals surface area contributed by atoms with Crippen molar-refractivity contribution in [1.29, 1.82) is 0 Å². The molecule has 0 unspecified atom stereocenters. The molecule has 8 nitrogen and oxygen atoms in total. The SMILES string of the molecule is C#Cc1cc2cnc(Nc3cccc(CN4CCOCC4)c3)nc2cc1OCCc1cnccn1. The minimum absolute atomic E-state index is 0.436. The van der Waals surface area contributed by atoms with Gasteiger partial charge in [-0.25, -0.2) is 9.97 Å². The number of nitrogens with one attached hydrogen (secondary N) is 1. The Bertz CT molecular complexity index is 1330. The Kier molecular flexibility index (Phi) is 7.08. The number of hydrogen-bond donors (Lipinski definition) is 1. The Balaban J connectivity index is 1.30. The lowest BCUT2D eigenvalue weighted by Gasteiger charge is -2.26. The molecule has 176 valence electrons. The lowest BCUT2D eigenvalue weighted by atomic mass is 10.1. The fourth-order valence-electron chi connectivity index (χ4n) is 3.97. The quantitative estimate of drug-likeness (QED) is 0.394. The van der Waals surface area contributed by atoms with Gasteiger partial charge >= 0.3 is 0 Å².